The lowest BCUT2D eigenvalue weighted by Gasteiger charge is -2.15. The van der Waals surface area contributed by atoms with Crippen LogP contribution in [0.15, 0.2) is 29.3 Å². The number of hydrogen-bond donors (Lipinski definition) is 1. The third kappa shape index (κ3) is 2.60. The molecule has 0 bridgehead atoms. The largest absolute Gasteiger partial charge is 0.588 e. The summed E-state index contributed by atoms with van der Waals surface area (Å²) < 4.78 is 14.5. The summed E-state index contributed by atoms with van der Waals surface area (Å²) in [5, 5.41) is 0. The molecule has 0 aliphatic carbocycles. The molecule has 1 aromatic carbocycles. The minimum absolute atomic E-state index is 0.913. The number of hydrogen-bond acceptors (Lipinski definition) is 2. The van der Waals surface area contributed by atoms with Crippen molar-refractivity contribution >= 4 is 17.4 Å². The zero-order chi connectivity index (χ0) is 11.4. The number of unbranched alkanes of at least 4 members (excludes halogenated alkanes) is 2. The molecule has 1 aliphatic rings. The van der Waals surface area contributed by atoms with Crippen LogP contribution in [-0.4, -0.2) is 4.55 Å². The summed E-state index contributed by atoms with van der Waals surface area (Å²) >= 11 is -1.07. The zero-order valence-electron chi connectivity index (χ0n) is 9.53. The van der Waals surface area contributed by atoms with Gasteiger partial charge in [-0.3, -0.25) is 0 Å². The number of aryl methyl sites for hydroxylation is 1. The number of benzene rings is 1. The second-order valence-electron chi connectivity index (χ2n) is 4.05. The van der Waals surface area contributed by atoms with Crippen LogP contribution in [0.25, 0.3) is 6.08 Å². The highest BCUT2D eigenvalue weighted by Gasteiger charge is 2.18. The molecule has 1 atom stereocenters. The molecule has 3 heteroatoms. The molecule has 0 aromatic heterocycles. The lowest BCUT2D eigenvalue weighted by molar-refractivity contribution is 0.588. The first kappa shape index (κ1) is 11.6. The Morgan fingerprint density at radius 1 is 1.31 bits per heavy atom. The van der Waals surface area contributed by atoms with Crippen LogP contribution in [0.1, 0.15) is 37.3 Å². The van der Waals surface area contributed by atoms with E-state index in [4.69, 9.17) is 0 Å². The average molecular weight is 235 g/mol. The molecule has 1 N–H and O–H groups in total. The Hall–Kier alpha value is -0.930. The Bertz CT molecular complexity index is 390. The molecule has 0 radical (unpaired) electrons. The Labute approximate surface area is 100 Å². The summed E-state index contributed by atoms with van der Waals surface area (Å²) in [4.78, 5) is 0.913. The Kier molecular flexibility index (Phi) is 3.91. The lowest BCUT2D eigenvalue weighted by atomic mass is 10.1. The maximum atomic E-state index is 11.7. The van der Waals surface area contributed by atoms with Gasteiger partial charge in [-0.2, -0.15) is 0 Å². The molecule has 0 saturated heterocycles. The molecule has 1 heterocycles. The first-order valence-corrected chi connectivity index (χ1v) is 6.93. The molecule has 1 unspecified atom stereocenters. The van der Waals surface area contributed by atoms with Crippen molar-refractivity contribution in [3.05, 3.63) is 35.5 Å². The molecule has 16 heavy (non-hydrogen) atoms. The predicted octanol–water partition coefficient (Wildman–Crippen LogP) is 3.02. The third-order valence-corrected chi connectivity index (χ3v) is 3.89. The van der Waals surface area contributed by atoms with Crippen LogP contribution < -0.4 is 4.72 Å². The van der Waals surface area contributed by atoms with Gasteiger partial charge < -0.3 is 4.55 Å². The summed E-state index contributed by atoms with van der Waals surface area (Å²) in [6.45, 7) is 2.20. The van der Waals surface area contributed by atoms with E-state index in [-0.39, 0.29) is 0 Å². The van der Waals surface area contributed by atoms with E-state index in [1.165, 1.54) is 24.8 Å². The summed E-state index contributed by atoms with van der Waals surface area (Å²) in [5.74, 6) is 0. The molecule has 0 fully saturated rings. The van der Waals surface area contributed by atoms with Crippen molar-refractivity contribution in [2.45, 2.75) is 37.5 Å². The molecule has 1 aromatic rings. The van der Waals surface area contributed by atoms with Crippen LogP contribution in [0.3, 0.4) is 0 Å². The highest BCUT2D eigenvalue weighted by molar-refractivity contribution is 7.89. The highest BCUT2D eigenvalue weighted by Crippen LogP contribution is 2.23. The van der Waals surface area contributed by atoms with Crippen molar-refractivity contribution in [3.8, 4) is 0 Å². The monoisotopic (exact) mass is 235 g/mol. The summed E-state index contributed by atoms with van der Waals surface area (Å²) in [6, 6.07) is 6.27. The van der Waals surface area contributed by atoms with E-state index in [0.717, 1.165) is 16.9 Å². The Morgan fingerprint density at radius 3 is 3.00 bits per heavy atom. The number of nitrogens with one attached hydrogen (secondary N) is 1. The lowest BCUT2D eigenvalue weighted by Crippen LogP contribution is -2.21. The van der Waals surface area contributed by atoms with Gasteiger partial charge in [0.2, 0.25) is 0 Å². The standard InChI is InChI=1S/C13H17NOS/c1-2-3-4-5-11-6-7-12-8-9-14-16(15)13(12)10-11/h6-10,14H,2-5H2,1H3. The number of rotatable bonds is 4. The van der Waals surface area contributed by atoms with Crippen LogP contribution >= 0.6 is 0 Å². The van der Waals surface area contributed by atoms with E-state index in [9.17, 15) is 4.55 Å². The molecular weight excluding hydrogens is 218 g/mol. The summed E-state index contributed by atoms with van der Waals surface area (Å²) in [7, 11) is 0. The SMILES string of the molecule is CCCCCc1ccc2c(c1)[S+]([O-])NC=C2. The topological polar surface area (TPSA) is 35.1 Å². The maximum absolute atomic E-state index is 11.7. The van der Waals surface area contributed by atoms with Gasteiger partial charge in [0.1, 0.15) is 11.4 Å². The predicted molar refractivity (Wildman–Crippen MR) is 68.2 cm³/mol. The molecule has 2 rings (SSSR count). The van der Waals surface area contributed by atoms with E-state index in [1.807, 2.05) is 6.08 Å². The molecule has 0 amide bonds. The molecule has 0 saturated carbocycles. The first-order valence-electron chi connectivity index (χ1n) is 5.78. The van der Waals surface area contributed by atoms with Crippen molar-refractivity contribution in [2.24, 2.45) is 0 Å². The normalized spacial score (nSPS) is 18.0. The fraction of sp³-hybridized carbons (Fsp3) is 0.385. The van der Waals surface area contributed by atoms with Gasteiger partial charge in [-0.15, -0.1) is 0 Å². The number of fused-ring (bicyclic) bond motifs is 1. The molecule has 2 nitrogen and oxygen atoms in total. The fourth-order valence-corrected chi connectivity index (χ4v) is 2.79. The van der Waals surface area contributed by atoms with Gasteiger partial charge in [0.05, 0.1) is 0 Å². The van der Waals surface area contributed by atoms with Crippen molar-refractivity contribution < 1.29 is 4.55 Å². The summed E-state index contributed by atoms with van der Waals surface area (Å²) in [5.41, 5.74) is 2.36. The van der Waals surface area contributed by atoms with Gasteiger partial charge in [0, 0.05) is 11.8 Å². The quantitative estimate of drug-likeness (QED) is 0.643. The van der Waals surface area contributed by atoms with Crippen LogP contribution in [0.5, 0.6) is 0 Å². The van der Waals surface area contributed by atoms with Gasteiger partial charge in [-0.05, 0) is 36.6 Å². The van der Waals surface area contributed by atoms with Gasteiger partial charge in [0.25, 0.3) is 0 Å². The van der Waals surface area contributed by atoms with Gasteiger partial charge in [-0.25, -0.2) is 4.72 Å². The van der Waals surface area contributed by atoms with Crippen LogP contribution in [0.2, 0.25) is 0 Å². The van der Waals surface area contributed by atoms with Crippen LogP contribution in [-0.2, 0) is 17.8 Å². The van der Waals surface area contributed by atoms with Gasteiger partial charge in [-0.1, -0.05) is 25.8 Å². The molecule has 0 spiro atoms. The van der Waals surface area contributed by atoms with E-state index in [2.05, 4.69) is 29.8 Å². The molecule has 1 aliphatic heterocycles. The second-order valence-corrected chi connectivity index (χ2v) is 5.26. The Morgan fingerprint density at radius 2 is 2.19 bits per heavy atom. The van der Waals surface area contributed by atoms with Crippen molar-refractivity contribution in [3.63, 3.8) is 0 Å². The third-order valence-electron chi connectivity index (χ3n) is 2.78. The maximum Gasteiger partial charge on any atom is 0.187 e. The fourth-order valence-electron chi connectivity index (χ4n) is 1.86. The average Bonchev–Trinajstić information content (AvgIpc) is 2.30. The molecular formula is C13H17NOS. The van der Waals surface area contributed by atoms with Crippen molar-refractivity contribution in [2.75, 3.05) is 0 Å². The van der Waals surface area contributed by atoms with Crippen molar-refractivity contribution in [1.82, 2.24) is 4.72 Å². The van der Waals surface area contributed by atoms with E-state index >= 15 is 0 Å². The minimum atomic E-state index is -1.07. The van der Waals surface area contributed by atoms with Gasteiger partial charge in [0.15, 0.2) is 4.90 Å². The van der Waals surface area contributed by atoms with Crippen LogP contribution in [0.4, 0.5) is 0 Å². The van der Waals surface area contributed by atoms with E-state index in [0.29, 0.717) is 0 Å². The molecule has 86 valence electrons. The second kappa shape index (κ2) is 5.41. The smallest absolute Gasteiger partial charge is 0.187 e. The Balaban J connectivity index is 2.12. The van der Waals surface area contributed by atoms with E-state index in [1.54, 1.807) is 6.20 Å². The highest BCUT2D eigenvalue weighted by atomic mass is 32.2. The first-order chi connectivity index (χ1) is 7.81. The zero-order valence-corrected chi connectivity index (χ0v) is 10.3. The van der Waals surface area contributed by atoms with Gasteiger partial charge >= 0.3 is 0 Å². The van der Waals surface area contributed by atoms with E-state index < -0.39 is 11.4 Å². The minimum Gasteiger partial charge on any atom is -0.588 e. The summed E-state index contributed by atoms with van der Waals surface area (Å²) in [6.07, 6.45) is 8.51. The van der Waals surface area contributed by atoms with Crippen molar-refractivity contribution in [1.29, 1.82) is 0 Å². The van der Waals surface area contributed by atoms with Crippen LogP contribution in [0, 0.1) is 0 Å².